The molecule has 0 spiro atoms. The van der Waals surface area contributed by atoms with Gasteiger partial charge in [0.25, 0.3) is 0 Å². The van der Waals surface area contributed by atoms with Crippen LogP contribution in [0, 0.1) is 0 Å². The molecule has 0 aliphatic carbocycles. The molecule has 1 atom stereocenters. The van der Waals surface area contributed by atoms with E-state index in [1.165, 1.54) is 0 Å². The third-order valence-corrected chi connectivity index (χ3v) is 3.78. The highest BCUT2D eigenvalue weighted by molar-refractivity contribution is 5.76. The number of pyridine rings is 1. The average Bonchev–Trinajstić information content (AvgIpc) is 3.04. The average molecular weight is 342 g/mol. The van der Waals surface area contributed by atoms with Crippen LogP contribution in [0.1, 0.15) is 63.4 Å². The molecule has 0 fully saturated rings. The molecular formula is C19H26N4O2. The van der Waals surface area contributed by atoms with Gasteiger partial charge in [-0.15, -0.1) is 6.58 Å². The first-order chi connectivity index (χ1) is 11.9. The molecule has 0 saturated heterocycles. The molecule has 0 aliphatic heterocycles. The predicted molar refractivity (Wildman–Crippen MR) is 95.9 cm³/mol. The van der Waals surface area contributed by atoms with Gasteiger partial charge in [0.15, 0.2) is 5.82 Å². The highest BCUT2D eigenvalue weighted by Crippen LogP contribution is 2.19. The molecule has 0 radical (unpaired) electrons. The van der Waals surface area contributed by atoms with Crippen LogP contribution in [0.5, 0.6) is 0 Å². The Labute approximate surface area is 148 Å². The zero-order valence-electron chi connectivity index (χ0n) is 15.2. The fraction of sp³-hybridized carbons (Fsp3) is 0.474. The number of rotatable bonds is 8. The van der Waals surface area contributed by atoms with E-state index in [9.17, 15) is 4.79 Å². The summed E-state index contributed by atoms with van der Waals surface area (Å²) in [5.74, 6) is 1.27. The Morgan fingerprint density at radius 3 is 2.68 bits per heavy atom. The van der Waals surface area contributed by atoms with Gasteiger partial charge in [0.1, 0.15) is 0 Å². The first-order valence-corrected chi connectivity index (χ1v) is 8.53. The molecule has 0 unspecified atom stereocenters. The second-order valence-corrected chi connectivity index (χ2v) is 7.04. The van der Waals surface area contributed by atoms with E-state index < -0.39 is 0 Å². The zero-order chi connectivity index (χ0) is 18.3. The maximum atomic E-state index is 12.2. The van der Waals surface area contributed by atoms with Gasteiger partial charge < -0.3 is 9.84 Å². The molecule has 134 valence electrons. The maximum absolute atomic E-state index is 12.2. The summed E-state index contributed by atoms with van der Waals surface area (Å²) in [5.41, 5.74) is 0.886. The number of amides is 1. The van der Waals surface area contributed by atoms with Crippen molar-refractivity contribution in [2.75, 3.05) is 0 Å². The molecule has 1 amide bonds. The van der Waals surface area contributed by atoms with Crippen molar-refractivity contribution in [1.82, 2.24) is 20.4 Å². The van der Waals surface area contributed by atoms with E-state index in [1.807, 2.05) is 32.9 Å². The van der Waals surface area contributed by atoms with Gasteiger partial charge in [-0.05, 0) is 30.5 Å². The monoisotopic (exact) mass is 342 g/mol. The first-order valence-electron chi connectivity index (χ1n) is 8.53. The summed E-state index contributed by atoms with van der Waals surface area (Å²) >= 11 is 0. The molecule has 2 aromatic rings. The minimum Gasteiger partial charge on any atom is -0.349 e. The second kappa shape index (κ2) is 8.55. The third kappa shape index (κ3) is 5.81. The van der Waals surface area contributed by atoms with Gasteiger partial charge in [-0.25, -0.2) is 0 Å². The highest BCUT2D eigenvalue weighted by Gasteiger charge is 2.21. The number of nitrogens with zero attached hydrogens (tertiary/aromatic N) is 3. The Morgan fingerprint density at radius 2 is 2.08 bits per heavy atom. The summed E-state index contributed by atoms with van der Waals surface area (Å²) in [6.07, 6.45) is 7.59. The van der Waals surface area contributed by atoms with Crippen molar-refractivity contribution in [1.29, 1.82) is 0 Å². The minimum absolute atomic E-state index is 0.000720. The predicted octanol–water partition coefficient (Wildman–Crippen LogP) is 3.52. The first kappa shape index (κ1) is 18.8. The lowest BCUT2D eigenvalue weighted by atomic mass is 9.96. The van der Waals surface area contributed by atoms with Crippen LogP contribution in [0.25, 0.3) is 0 Å². The quantitative estimate of drug-likeness (QED) is 0.742. The van der Waals surface area contributed by atoms with Crippen LogP contribution < -0.4 is 5.32 Å². The van der Waals surface area contributed by atoms with Gasteiger partial charge in [0, 0.05) is 30.7 Å². The van der Waals surface area contributed by atoms with Crippen molar-refractivity contribution in [3.05, 3.63) is 54.5 Å². The van der Waals surface area contributed by atoms with E-state index in [0.717, 1.165) is 5.56 Å². The fourth-order valence-corrected chi connectivity index (χ4v) is 2.37. The second-order valence-electron chi connectivity index (χ2n) is 7.04. The molecule has 6 nitrogen and oxygen atoms in total. The van der Waals surface area contributed by atoms with Gasteiger partial charge in [-0.3, -0.25) is 9.78 Å². The summed E-state index contributed by atoms with van der Waals surface area (Å²) in [7, 11) is 0. The Kier molecular flexibility index (Phi) is 6.44. The van der Waals surface area contributed by atoms with Crippen molar-refractivity contribution >= 4 is 5.91 Å². The number of nitrogens with one attached hydrogen (secondary N) is 1. The molecule has 2 aromatic heterocycles. The molecular weight excluding hydrogens is 316 g/mol. The van der Waals surface area contributed by atoms with Crippen LogP contribution in [0.2, 0.25) is 0 Å². The molecule has 25 heavy (non-hydrogen) atoms. The lowest BCUT2D eigenvalue weighted by Gasteiger charge is -2.17. The summed E-state index contributed by atoms with van der Waals surface area (Å²) in [5, 5.41) is 7.04. The van der Waals surface area contributed by atoms with Crippen molar-refractivity contribution in [2.24, 2.45) is 0 Å². The lowest BCUT2D eigenvalue weighted by molar-refractivity contribution is -0.121. The van der Waals surface area contributed by atoms with Crippen molar-refractivity contribution in [3.8, 4) is 0 Å². The summed E-state index contributed by atoms with van der Waals surface area (Å²) in [6.45, 7) is 9.87. The van der Waals surface area contributed by atoms with Crippen molar-refractivity contribution in [3.63, 3.8) is 0 Å². The number of hydrogen-bond donors (Lipinski definition) is 1. The Hall–Kier alpha value is -2.50. The number of aryl methyl sites for hydroxylation is 1. The maximum Gasteiger partial charge on any atom is 0.226 e. The normalized spacial score (nSPS) is 12.6. The number of aromatic nitrogens is 3. The zero-order valence-corrected chi connectivity index (χ0v) is 15.2. The smallest absolute Gasteiger partial charge is 0.226 e. The minimum atomic E-state index is -0.137. The summed E-state index contributed by atoms with van der Waals surface area (Å²) < 4.78 is 5.25. The van der Waals surface area contributed by atoms with E-state index >= 15 is 0 Å². The van der Waals surface area contributed by atoms with E-state index in [4.69, 9.17) is 4.52 Å². The van der Waals surface area contributed by atoms with E-state index in [2.05, 4.69) is 27.0 Å². The van der Waals surface area contributed by atoms with E-state index in [1.54, 1.807) is 18.5 Å². The Balaban J connectivity index is 1.83. The number of carbonyl (C=O) groups is 1. The van der Waals surface area contributed by atoms with Crippen LogP contribution in [0.3, 0.4) is 0 Å². The Morgan fingerprint density at radius 1 is 1.36 bits per heavy atom. The van der Waals surface area contributed by atoms with Crippen molar-refractivity contribution in [2.45, 2.75) is 57.9 Å². The molecule has 0 saturated carbocycles. The molecule has 2 rings (SSSR count). The summed E-state index contributed by atoms with van der Waals surface area (Å²) in [6, 6.07) is 3.73. The van der Waals surface area contributed by atoms with Gasteiger partial charge in [-0.1, -0.05) is 32.0 Å². The molecule has 0 aliphatic rings. The van der Waals surface area contributed by atoms with Crippen LogP contribution >= 0.6 is 0 Å². The SMILES string of the molecule is C=CC[C@@H](NC(=O)CCCc1nc(C(C)(C)C)no1)c1ccncc1. The highest BCUT2D eigenvalue weighted by atomic mass is 16.5. The largest absolute Gasteiger partial charge is 0.349 e. The molecule has 1 N–H and O–H groups in total. The van der Waals surface area contributed by atoms with Crippen LogP contribution in [0.15, 0.2) is 41.7 Å². The molecule has 6 heteroatoms. The molecule has 0 bridgehead atoms. The van der Waals surface area contributed by atoms with Crippen molar-refractivity contribution < 1.29 is 9.32 Å². The Bertz CT molecular complexity index is 689. The fourth-order valence-electron chi connectivity index (χ4n) is 2.37. The van der Waals surface area contributed by atoms with Gasteiger partial charge in [0.2, 0.25) is 11.8 Å². The topological polar surface area (TPSA) is 80.9 Å². The number of hydrogen-bond acceptors (Lipinski definition) is 5. The van der Waals surface area contributed by atoms with Crippen LogP contribution in [0.4, 0.5) is 0 Å². The van der Waals surface area contributed by atoms with E-state index in [-0.39, 0.29) is 17.4 Å². The number of carbonyl (C=O) groups excluding carboxylic acids is 1. The molecule has 0 aromatic carbocycles. The van der Waals surface area contributed by atoms with Gasteiger partial charge >= 0.3 is 0 Å². The lowest BCUT2D eigenvalue weighted by Crippen LogP contribution is -2.28. The van der Waals surface area contributed by atoms with E-state index in [0.29, 0.717) is 37.4 Å². The standard InChI is InChI=1S/C19H26N4O2/c1-5-7-15(14-10-12-20-13-11-14)21-16(24)8-6-9-17-22-18(23-25-17)19(2,3)4/h5,10-13,15H,1,6-9H2,2-4H3,(H,21,24)/t15-/m1/s1. The third-order valence-electron chi connectivity index (χ3n) is 3.78. The summed E-state index contributed by atoms with van der Waals surface area (Å²) in [4.78, 5) is 20.6. The molecule has 2 heterocycles. The van der Waals surface area contributed by atoms with Crippen LogP contribution in [-0.2, 0) is 16.6 Å². The van der Waals surface area contributed by atoms with Gasteiger partial charge in [0.05, 0.1) is 6.04 Å². The van der Waals surface area contributed by atoms with Crippen LogP contribution in [-0.4, -0.2) is 21.0 Å². The van der Waals surface area contributed by atoms with Gasteiger partial charge in [-0.2, -0.15) is 4.98 Å².